The zero-order valence-corrected chi connectivity index (χ0v) is 18.1. The minimum atomic E-state index is -3.81. The summed E-state index contributed by atoms with van der Waals surface area (Å²) in [5.74, 6) is 0.626. The monoisotopic (exact) mass is 435 g/mol. The molecule has 7 heteroatoms. The van der Waals surface area contributed by atoms with Crippen molar-refractivity contribution in [2.45, 2.75) is 29.2 Å². The molecule has 4 aromatic rings. The van der Waals surface area contributed by atoms with Crippen molar-refractivity contribution in [1.82, 2.24) is 15.1 Å². The number of nitrogens with one attached hydrogen (secondary N) is 1. The van der Waals surface area contributed by atoms with E-state index in [1.165, 1.54) is 19.3 Å². The number of hydrogen-bond acceptors (Lipinski definition) is 5. The molecule has 31 heavy (non-hydrogen) atoms. The predicted molar refractivity (Wildman–Crippen MR) is 121 cm³/mol. The fourth-order valence-electron chi connectivity index (χ4n) is 4.32. The van der Waals surface area contributed by atoms with E-state index in [4.69, 9.17) is 4.74 Å². The first-order valence-electron chi connectivity index (χ1n) is 10.7. The lowest BCUT2D eigenvalue weighted by molar-refractivity contribution is 0.184. The van der Waals surface area contributed by atoms with Crippen molar-refractivity contribution >= 4 is 31.5 Å². The lowest BCUT2D eigenvalue weighted by Gasteiger charge is -2.26. The van der Waals surface area contributed by atoms with E-state index in [1.54, 1.807) is 18.2 Å². The quantitative estimate of drug-likeness (QED) is 0.485. The SMILES string of the molecule is O=S(=O)(c1cccc2ccccc12)c1n[nH]c2c(OCCN3CCCCC3)cccc12. The van der Waals surface area contributed by atoms with Crippen LogP contribution in [-0.2, 0) is 9.84 Å². The van der Waals surface area contributed by atoms with E-state index in [9.17, 15) is 8.42 Å². The molecule has 0 atom stereocenters. The van der Waals surface area contributed by atoms with Crippen molar-refractivity contribution in [3.63, 3.8) is 0 Å². The molecule has 1 fully saturated rings. The van der Waals surface area contributed by atoms with Crippen LogP contribution in [-0.4, -0.2) is 49.8 Å². The number of ether oxygens (including phenoxy) is 1. The number of H-pyrrole nitrogens is 1. The smallest absolute Gasteiger partial charge is 0.226 e. The summed E-state index contributed by atoms with van der Waals surface area (Å²) < 4.78 is 33.1. The van der Waals surface area contributed by atoms with Crippen LogP contribution >= 0.6 is 0 Å². The zero-order valence-electron chi connectivity index (χ0n) is 17.3. The van der Waals surface area contributed by atoms with Crippen LogP contribution < -0.4 is 4.74 Å². The Balaban J connectivity index is 1.46. The first kappa shape index (κ1) is 20.0. The molecule has 0 saturated carbocycles. The maximum Gasteiger partial charge on any atom is 0.226 e. The third-order valence-corrected chi connectivity index (χ3v) is 7.69. The lowest BCUT2D eigenvalue weighted by atomic mass is 10.1. The summed E-state index contributed by atoms with van der Waals surface area (Å²) in [6.07, 6.45) is 3.79. The van der Waals surface area contributed by atoms with Crippen molar-refractivity contribution in [3.8, 4) is 5.75 Å². The van der Waals surface area contributed by atoms with Gasteiger partial charge in [0.2, 0.25) is 9.84 Å². The van der Waals surface area contributed by atoms with Gasteiger partial charge in [0, 0.05) is 17.3 Å². The molecule has 0 radical (unpaired) electrons. The second-order valence-corrected chi connectivity index (χ2v) is 9.77. The number of para-hydroxylation sites is 1. The number of rotatable bonds is 6. The first-order valence-corrected chi connectivity index (χ1v) is 12.2. The van der Waals surface area contributed by atoms with Gasteiger partial charge in [-0.1, -0.05) is 48.9 Å². The summed E-state index contributed by atoms with van der Waals surface area (Å²) in [6, 6.07) is 18.2. The first-order chi connectivity index (χ1) is 15.1. The summed E-state index contributed by atoms with van der Waals surface area (Å²) in [4.78, 5) is 2.67. The van der Waals surface area contributed by atoms with Gasteiger partial charge in [-0.2, -0.15) is 5.10 Å². The molecule has 1 aliphatic heterocycles. The Morgan fingerprint density at radius 3 is 2.52 bits per heavy atom. The van der Waals surface area contributed by atoms with E-state index in [0.29, 0.717) is 28.6 Å². The van der Waals surface area contributed by atoms with Gasteiger partial charge >= 0.3 is 0 Å². The van der Waals surface area contributed by atoms with Crippen LogP contribution in [0.3, 0.4) is 0 Å². The van der Waals surface area contributed by atoms with Gasteiger partial charge in [0.1, 0.15) is 17.9 Å². The Kier molecular flexibility index (Phi) is 5.38. The highest BCUT2D eigenvalue weighted by molar-refractivity contribution is 7.91. The maximum absolute atomic E-state index is 13.5. The molecule has 1 aliphatic rings. The molecule has 0 aliphatic carbocycles. The summed E-state index contributed by atoms with van der Waals surface area (Å²) >= 11 is 0. The van der Waals surface area contributed by atoms with Crippen LogP contribution in [0.25, 0.3) is 21.7 Å². The van der Waals surface area contributed by atoms with E-state index in [1.807, 2.05) is 42.5 Å². The van der Waals surface area contributed by atoms with E-state index in [0.717, 1.165) is 25.0 Å². The Hall–Kier alpha value is -2.90. The Bertz CT molecular complexity index is 1320. The van der Waals surface area contributed by atoms with Gasteiger partial charge in [0.25, 0.3) is 0 Å². The molecular formula is C24H25N3O3S. The maximum atomic E-state index is 13.5. The highest BCUT2D eigenvalue weighted by atomic mass is 32.2. The average Bonchev–Trinajstić information content (AvgIpc) is 3.25. The number of aromatic nitrogens is 2. The molecule has 3 aromatic carbocycles. The number of hydrogen-bond donors (Lipinski definition) is 1. The van der Waals surface area contributed by atoms with Gasteiger partial charge in [-0.25, -0.2) is 8.42 Å². The fraction of sp³-hybridized carbons (Fsp3) is 0.292. The number of sulfone groups is 1. The van der Waals surface area contributed by atoms with Crippen LogP contribution in [0.5, 0.6) is 5.75 Å². The van der Waals surface area contributed by atoms with Crippen LogP contribution in [0.15, 0.2) is 70.6 Å². The average molecular weight is 436 g/mol. The second kappa shape index (κ2) is 8.32. The van der Waals surface area contributed by atoms with E-state index >= 15 is 0 Å². The molecular weight excluding hydrogens is 410 g/mol. The summed E-state index contributed by atoms with van der Waals surface area (Å²) in [6.45, 7) is 3.66. The normalized spacial score (nSPS) is 15.5. The standard InChI is InChI=1S/C24H25N3O3S/c28-31(29,22-13-6-9-18-8-2-3-10-19(18)22)24-20-11-7-12-21(23(20)25-26-24)30-17-16-27-14-4-1-5-15-27/h2-3,6-13H,1,4-5,14-17H2,(H,25,26). The largest absolute Gasteiger partial charge is 0.490 e. The minimum Gasteiger partial charge on any atom is -0.490 e. The molecule has 0 spiro atoms. The number of fused-ring (bicyclic) bond motifs is 2. The molecule has 2 heterocycles. The van der Waals surface area contributed by atoms with Crippen LogP contribution in [0, 0.1) is 0 Å². The van der Waals surface area contributed by atoms with Gasteiger partial charge in [0.05, 0.1) is 4.90 Å². The summed E-state index contributed by atoms with van der Waals surface area (Å²) in [5, 5.41) is 9.25. The summed E-state index contributed by atoms with van der Waals surface area (Å²) in [7, 11) is -3.81. The Morgan fingerprint density at radius 1 is 0.903 bits per heavy atom. The topological polar surface area (TPSA) is 75.3 Å². The van der Waals surface area contributed by atoms with Crippen LogP contribution in [0.4, 0.5) is 0 Å². The van der Waals surface area contributed by atoms with E-state index in [2.05, 4.69) is 15.1 Å². The predicted octanol–water partition coefficient (Wildman–Crippen LogP) is 4.41. The van der Waals surface area contributed by atoms with E-state index in [-0.39, 0.29) is 9.92 Å². The third kappa shape index (κ3) is 3.79. The Labute approximate surface area is 181 Å². The molecule has 1 aromatic heterocycles. The van der Waals surface area contributed by atoms with Crippen molar-refractivity contribution in [1.29, 1.82) is 0 Å². The lowest BCUT2D eigenvalue weighted by Crippen LogP contribution is -2.33. The number of likely N-dealkylation sites (tertiary alicyclic amines) is 1. The molecule has 0 amide bonds. The third-order valence-electron chi connectivity index (χ3n) is 5.93. The number of nitrogens with zero attached hydrogens (tertiary/aromatic N) is 2. The summed E-state index contributed by atoms with van der Waals surface area (Å²) in [5.41, 5.74) is 0.611. The molecule has 0 bridgehead atoms. The zero-order chi connectivity index (χ0) is 21.3. The molecule has 160 valence electrons. The highest BCUT2D eigenvalue weighted by Crippen LogP contribution is 2.33. The van der Waals surface area contributed by atoms with Crippen LogP contribution in [0.1, 0.15) is 19.3 Å². The number of aromatic amines is 1. The van der Waals surface area contributed by atoms with Gasteiger partial charge in [-0.3, -0.25) is 10.00 Å². The van der Waals surface area contributed by atoms with E-state index < -0.39 is 9.84 Å². The number of piperidine rings is 1. The van der Waals surface area contributed by atoms with Crippen LogP contribution in [0.2, 0.25) is 0 Å². The Morgan fingerprint density at radius 2 is 1.65 bits per heavy atom. The fourth-order valence-corrected chi connectivity index (χ4v) is 5.89. The molecule has 5 rings (SSSR count). The van der Waals surface area contributed by atoms with Gasteiger partial charge in [0.15, 0.2) is 5.03 Å². The molecule has 1 N–H and O–H groups in total. The van der Waals surface area contributed by atoms with Crippen molar-refractivity contribution in [2.24, 2.45) is 0 Å². The molecule has 1 saturated heterocycles. The van der Waals surface area contributed by atoms with Crippen molar-refractivity contribution < 1.29 is 13.2 Å². The van der Waals surface area contributed by atoms with Crippen molar-refractivity contribution in [3.05, 3.63) is 60.7 Å². The van der Waals surface area contributed by atoms with Gasteiger partial charge in [-0.05, 0) is 49.5 Å². The van der Waals surface area contributed by atoms with Gasteiger partial charge < -0.3 is 4.74 Å². The molecule has 6 nitrogen and oxygen atoms in total. The van der Waals surface area contributed by atoms with Gasteiger partial charge in [-0.15, -0.1) is 0 Å². The number of benzene rings is 3. The second-order valence-electron chi connectivity index (χ2n) is 7.94. The van der Waals surface area contributed by atoms with Crippen molar-refractivity contribution in [2.75, 3.05) is 26.2 Å². The highest BCUT2D eigenvalue weighted by Gasteiger charge is 2.26. The molecule has 0 unspecified atom stereocenters. The minimum absolute atomic E-state index is 0.0281.